The third-order valence-corrected chi connectivity index (χ3v) is 4.01. The Morgan fingerprint density at radius 2 is 1.90 bits per heavy atom. The summed E-state index contributed by atoms with van der Waals surface area (Å²) in [5.41, 5.74) is 9.48. The van der Waals surface area contributed by atoms with Gasteiger partial charge in [-0.15, -0.1) is 0 Å². The lowest BCUT2D eigenvalue weighted by Crippen LogP contribution is -2.19. The summed E-state index contributed by atoms with van der Waals surface area (Å²) in [6.07, 6.45) is 1.72. The largest absolute Gasteiger partial charge is 0.330 e. The second-order valence-electron chi connectivity index (χ2n) is 5.21. The summed E-state index contributed by atoms with van der Waals surface area (Å²) < 4.78 is 14.2. The second-order valence-corrected chi connectivity index (χ2v) is 6.13. The molecule has 0 fully saturated rings. The van der Waals surface area contributed by atoms with Gasteiger partial charge in [-0.1, -0.05) is 40.2 Å². The predicted molar refractivity (Wildman–Crippen MR) is 85.2 cm³/mol. The van der Waals surface area contributed by atoms with Crippen LogP contribution in [0, 0.1) is 18.7 Å². The molecule has 0 heterocycles. The van der Waals surface area contributed by atoms with Crippen LogP contribution >= 0.6 is 15.9 Å². The smallest absolute Gasteiger partial charge is 0.124 e. The van der Waals surface area contributed by atoms with Crippen LogP contribution in [0.2, 0.25) is 0 Å². The van der Waals surface area contributed by atoms with Crippen LogP contribution < -0.4 is 5.73 Å². The molecule has 2 aromatic carbocycles. The molecule has 1 unspecified atom stereocenters. The van der Waals surface area contributed by atoms with Crippen LogP contribution in [0.1, 0.15) is 16.7 Å². The first-order chi connectivity index (χ1) is 9.58. The summed E-state index contributed by atoms with van der Waals surface area (Å²) in [5.74, 6) is 0.117. The quantitative estimate of drug-likeness (QED) is 0.868. The molecule has 0 amide bonds. The van der Waals surface area contributed by atoms with E-state index in [-0.39, 0.29) is 5.82 Å². The number of benzene rings is 2. The molecule has 2 N–H and O–H groups in total. The monoisotopic (exact) mass is 335 g/mol. The Morgan fingerprint density at radius 1 is 1.15 bits per heavy atom. The van der Waals surface area contributed by atoms with Gasteiger partial charge in [0.05, 0.1) is 0 Å². The lowest BCUT2D eigenvalue weighted by atomic mass is 9.91. The van der Waals surface area contributed by atoms with Gasteiger partial charge >= 0.3 is 0 Å². The number of aryl methyl sites for hydroxylation is 1. The second kappa shape index (κ2) is 7.00. The molecule has 0 saturated carbocycles. The van der Waals surface area contributed by atoms with Crippen molar-refractivity contribution in [3.05, 3.63) is 69.4 Å². The number of hydrogen-bond donors (Lipinski definition) is 1. The molecule has 0 saturated heterocycles. The zero-order valence-electron chi connectivity index (χ0n) is 11.6. The zero-order valence-corrected chi connectivity index (χ0v) is 13.2. The van der Waals surface area contributed by atoms with Gasteiger partial charge in [-0.3, -0.25) is 0 Å². The van der Waals surface area contributed by atoms with Gasteiger partial charge in [0, 0.05) is 4.47 Å². The molecular weight excluding hydrogens is 317 g/mol. The molecule has 0 aliphatic rings. The Morgan fingerprint density at radius 3 is 2.55 bits per heavy atom. The zero-order chi connectivity index (χ0) is 14.5. The highest BCUT2D eigenvalue weighted by atomic mass is 79.9. The highest BCUT2D eigenvalue weighted by Crippen LogP contribution is 2.20. The average Bonchev–Trinajstić information content (AvgIpc) is 2.39. The molecule has 1 atom stereocenters. The van der Waals surface area contributed by atoms with Crippen molar-refractivity contribution in [2.75, 3.05) is 6.54 Å². The number of halogens is 2. The van der Waals surface area contributed by atoms with Crippen molar-refractivity contribution in [3.63, 3.8) is 0 Å². The minimum absolute atomic E-state index is 0.207. The van der Waals surface area contributed by atoms with Crippen LogP contribution in [-0.4, -0.2) is 6.54 Å². The van der Waals surface area contributed by atoms with Crippen molar-refractivity contribution in [3.8, 4) is 0 Å². The van der Waals surface area contributed by atoms with Crippen molar-refractivity contribution in [1.29, 1.82) is 0 Å². The molecule has 0 aliphatic heterocycles. The van der Waals surface area contributed by atoms with Gasteiger partial charge in [0.1, 0.15) is 5.82 Å². The summed E-state index contributed by atoms with van der Waals surface area (Å²) in [6, 6.07) is 13.4. The van der Waals surface area contributed by atoms with Gasteiger partial charge in [0.2, 0.25) is 0 Å². The first-order valence-electron chi connectivity index (χ1n) is 6.78. The summed E-state index contributed by atoms with van der Waals surface area (Å²) in [6.45, 7) is 2.71. The van der Waals surface area contributed by atoms with Crippen LogP contribution in [0.15, 0.2) is 46.9 Å². The summed E-state index contributed by atoms with van der Waals surface area (Å²) >= 11 is 3.33. The van der Waals surface area contributed by atoms with E-state index in [1.54, 1.807) is 6.07 Å². The lowest BCUT2D eigenvalue weighted by molar-refractivity contribution is 0.529. The average molecular weight is 336 g/mol. The van der Waals surface area contributed by atoms with E-state index in [2.05, 4.69) is 41.1 Å². The van der Waals surface area contributed by atoms with Crippen molar-refractivity contribution in [2.45, 2.75) is 19.8 Å². The van der Waals surface area contributed by atoms with Crippen LogP contribution in [0.3, 0.4) is 0 Å². The Hall–Kier alpha value is -1.19. The topological polar surface area (TPSA) is 26.0 Å². The molecule has 0 aromatic heterocycles. The standard InChI is InChI=1S/C17H19BrFN/c1-12-4-2-3-5-15(12)7-14(11-20)6-13-8-16(18)10-17(19)9-13/h2-5,8-10,14H,6-7,11,20H2,1H3. The number of nitrogens with two attached hydrogens (primary N) is 1. The van der Waals surface area contributed by atoms with E-state index in [1.807, 2.05) is 12.1 Å². The van der Waals surface area contributed by atoms with E-state index >= 15 is 0 Å². The van der Waals surface area contributed by atoms with Gasteiger partial charge in [-0.25, -0.2) is 4.39 Å². The number of rotatable bonds is 5. The van der Waals surface area contributed by atoms with Gasteiger partial charge in [-0.2, -0.15) is 0 Å². The minimum Gasteiger partial charge on any atom is -0.330 e. The molecule has 0 aliphatic carbocycles. The Bertz CT molecular complexity index is 563. The normalized spacial score (nSPS) is 12.4. The van der Waals surface area contributed by atoms with Gasteiger partial charge in [-0.05, 0) is 67.1 Å². The Labute approximate surface area is 128 Å². The third kappa shape index (κ3) is 4.15. The molecule has 0 spiro atoms. The Balaban J connectivity index is 2.11. The highest BCUT2D eigenvalue weighted by molar-refractivity contribution is 9.10. The molecule has 0 radical (unpaired) electrons. The highest BCUT2D eigenvalue weighted by Gasteiger charge is 2.11. The third-order valence-electron chi connectivity index (χ3n) is 3.55. The maximum Gasteiger partial charge on any atom is 0.124 e. The fourth-order valence-electron chi connectivity index (χ4n) is 2.45. The van der Waals surface area contributed by atoms with Crippen molar-refractivity contribution in [2.24, 2.45) is 11.7 Å². The summed E-state index contributed by atoms with van der Waals surface area (Å²) in [5, 5.41) is 0. The number of hydrogen-bond acceptors (Lipinski definition) is 1. The molecule has 1 nitrogen and oxygen atoms in total. The van der Waals surface area contributed by atoms with E-state index in [1.165, 1.54) is 17.2 Å². The van der Waals surface area contributed by atoms with Gasteiger partial charge < -0.3 is 5.73 Å². The van der Waals surface area contributed by atoms with Crippen LogP contribution in [0.5, 0.6) is 0 Å². The van der Waals surface area contributed by atoms with Crippen LogP contribution in [0.4, 0.5) is 4.39 Å². The van der Waals surface area contributed by atoms with E-state index in [9.17, 15) is 4.39 Å². The SMILES string of the molecule is Cc1ccccc1CC(CN)Cc1cc(F)cc(Br)c1. The summed E-state index contributed by atoms with van der Waals surface area (Å²) in [4.78, 5) is 0. The molecule has 2 rings (SSSR count). The fourth-order valence-corrected chi connectivity index (χ4v) is 2.96. The van der Waals surface area contributed by atoms with Gasteiger partial charge in [0.15, 0.2) is 0 Å². The lowest BCUT2D eigenvalue weighted by Gasteiger charge is -2.16. The maximum absolute atomic E-state index is 13.4. The Kier molecular flexibility index (Phi) is 5.32. The molecular formula is C17H19BrFN. The van der Waals surface area contributed by atoms with E-state index in [0.717, 1.165) is 22.9 Å². The summed E-state index contributed by atoms with van der Waals surface area (Å²) in [7, 11) is 0. The molecule has 106 valence electrons. The molecule has 20 heavy (non-hydrogen) atoms. The first-order valence-corrected chi connectivity index (χ1v) is 7.57. The van der Waals surface area contributed by atoms with Crippen LogP contribution in [0.25, 0.3) is 0 Å². The van der Waals surface area contributed by atoms with Gasteiger partial charge in [0.25, 0.3) is 0 Å². The van der Waals surface area contributed by atoms with Crippen molar-refractivity contribution >= 4 is 15.9 Å². The molecule has 3 heteroatoms. The van der Waals surface area contributed by atoms with E-state index in [4.69, 9.17) is 5.73 Å². The van der Waals surface area contributed by atoms with Crippen molar-refractivity contribution in [1.82, 2.24) is 0 Å². The molecule has 2 aromatic rings. The minimum atomic E-state index is -0.207. The first kappa shape index (κ1) is 15.2. The predicted octanol–water partition coefficient (Wildman–Crippen LogP) is 4.26. The maximum atomic E-state index is 13.4. The van der Waals surface area contributed by atoms with Crippen LogP contribution in [-0.2, 0) is 12.8 Å². The molecule has 0 bridgehead atoms. The van der Waals surface area contributed by atoms with Crippen molar-refractivity contribution < 1.29 is 4.39 Å². The van der Waals surface area contributed by atoms with E-state index < -0.39 is 0 Å². The fraction of sp³-hybridized carbons (Fsp3) is 0.294. The van der Waals surface area contributed by atoms with E-state index in [0.29, 0.717) is 12.5 Å².